The van der Waals surface area contributed by atoms with Gasteiger partial charge in [0.05, 0.1) is 12.1 Å². The molecule has 2 saturated heterocycles. The van der Waals surface area contributed by atoms with Gasteiger partial charge in [-0.15, -0.1) is 0 Å². The Morgan fingerprint density at radius 3 is 2.72 bits per heavy atom. The van der Waals surface area contributed by atoms with E-state index in [2.05, 4.69) is 10.6 Å². The van der Waals surface area contributed by atoms with E-state index in [4.69, 9.17) is 9.47 Å². The van der Waals surface area contributed by atoms with Gasteiger partial charge in [-0.25, -0.2) is 0 Å². The Morgan fingerprint density at radius 2 is 2.17 bits per heavy atom. The van der Waals surface area contributed by atoms with Crippen molar-refractivity contribution in [2.45, 2.75) is 57.5 Å². The molecule has 0 bridgehead atoms. The molecule has 2 aliphatic heterocycles. The molecular weight excluding hydrogens is 232 g/mol. The molecule has 1 amide bonds. The van der Waals surface area contributed by atoms with Crippen LogP contribution in [-0.2, 0) is 14.3 Å². The summed E-state index contributed by atoms with van der Waals surface area (Å²) in [6, 6.07) is 0. The van der Waals surface area contributed by atoms with E-state index in [0.29, 0.717) is 13.2 Å². The highest BCUT2D eigenvalue weighted by atomic mass is 16.7. The van der Waals surface area contributed by atoms with Crippen LogP contribution >= 0.6 is 0 Å². The zero-order valence-corrected chi connectivity index (χ0v) is 11.5. The lowest BCUT2D eigenvalue weighted by molar-refractivity contribution is -0.140. The summed E-state index contributed by atoms with van der Waals surface area (Å²) >= 11 is 0. The molecule has 0 aromatic rings. The fraction of sp³-hybridized carbons (Fsp3) is 0.923. The monoisotopic (exact) mass is 256 g/mol. The summed E-state index contributed by atoms with van der Waals surface area (Å²) in [5.74, 6) is -0.460. The van der Waals surface area contributed by atoms with Crippen molar-refractivity contribution in [3.8, 4) is 0 Å². The van der Waals surface area contributed by atoms with Gasteiger partial charge >= 0.3 is 0 Å². The van der Waals surface area contributed by atoms with Crippen molar-refractivity contribution in [3.05, 3.63) is 0 Å². The molecule has 2 rings (SSSR count). The number of rotatable bonds is 3. The fourth-order valence-electron chi connectivity index (χ4n) is 2.52. The number of nitrogens with one attached hydrogen (secondary N) is 2. The second-order valence-electron chi connectivity index (χ2n) is 5.88. The van der Waals surface area contributed by atoms with Crippen LogP contribution in [0.3, 0.4) is 0 Å². The molecule has 0 radical (unpaired) electrons. The van der Waals surface area contributed by atoms with Gasteiger partial charge in [0.1, 0.15) is 6.10 Å². The predicted molar refractivity (Wildman–Crippen MR) is 68.2 cm³/mol. The van der Waals surface area contributed by atoms with Crippen LogP contribution < -0.4 is 10.6 Å². The van der Waals surface area contributed by atoms with E-state index in [1.807, 2.05) is 20.8 Å². The molecule has 0 saturated carbocycles. The highest BCUT2D eigenvalue weighted by molar-refractivity contribution is 5.86. The first-order valence-corrected chi connectivity index (χ1v) is 6.76. The first kappa shape index (κ1) is 13.8. The second-order valence-corrected chi connectivity index (χ2v) is 5.88. The Morgan fingerprint density at radius 1 is 1.39 bits per heavy atom. The summed E-state index contributed by atoms with van der Waals surface area (Å²) in [5.41, 5.74) is -0.423. The summed E-state index contributed by atoms with van der Waals surface area (Å²) in [5, 5.41) is 6.27. The first-order valence-electron chi connectivity index (χ1n) is 6.76. The van der Waals surface area contributed by atoms with Gasteiger partial charge in [0.15, 0.2) is 5.79 Å². The normalized spacial score (nSPS) is 35.4. The van der Waals surface area contributed by atoms with Crippen LogP contribution in [-0.4, -0.2) is 43.0 Å². The average molecular weight is 256 g/mol. The van der Waals surface area contributed by atoms with Gasteiger partial charge in [0.25, 0.3) is 0 Å². The molecule has 2 aliphatic rings. The van der Waals surface area contributed by atoms with E-state index in [1.54, 1.807) is 0 Å². The van der Waals surface area contributed by atoms with Crippen molar-refractivity contribution < 1.29 is 14.3 Å². The minimum Gasteiger partial charge on any atom is -0.352 e. The number of hydrogen-bond donors (Lipinski definition) is 2. The number of carbonyl (C=O) groups is 1. The molecule has 104 valence electrons. The van der Waals surface area contributed by atoms with Crippen molar-refractivity contribution in [1.82, 2.24) is 10.6 Å². The summed E-state index contributed by atoms with van der Waals surface area (Å²) in [4.78, 5) is 12.2. The molecule has 2 atom stereocenters. The average Bonchev–Trinajstić information content (AvgIpc) is 2.67. The zero-order chi connectivity index (χ0) is 13.2. The van der Waals surface area contributed by atoms with Gasteiger partial charge in [0, 0.05) is 6.54 Å². The summed E-state index contributed by atoms with van der Waals surface area (Å²) in [6.45, 7) is 7.71. The van der Waals surface area contributed by atoms with Crippen LogP contribution in [0.5, 0.6) is 0 Å². The smallest absolute Gasteiger partial charge is 0.240 e. The SMILES string of the molecule is CC1(C)OCC(CNC(=O)C2(C)CCCCN2)O1. The molecule has 2 fully saturated rings. The van der Waals surface area contributed by atoms with Crippen LogP contribution in [0.1, 0.15) is 40.0 Å². The highest BCUT2D eigenvalue weighted by Gasteiger charge is 2.36. The van der Waals surface area contributed by atoms with E-state index in [0.717, 1.165) is 25.8 Å². The molecule has 5 nitrogen and oxygen atoms in total. The van der Waals surface area contributed by atoms with Crippen LogP contribution in [0.25, 0.3) is 0 Å². The number of piperidine rings is 1. The maximum absolute atomic E-state index is 12.2. The van der Waals surface area contributed by atoms with Crippen molar-refractivity contribution >= 4 is 5.91 Å². The van der Waals surface area contributed by atoms with E-state index in [1.165, 1.54) is 0 Å². The molecule has 0 aromatic carbocycles. The summed E-state index contributed by atoms with van der Waals surface area (Å²) < 4.78 is 11.1. The molecule has 5 heteroatoms. The van der Waals surface area contributed by atoms with E-state index >= 15 is 0 Å². The second kappa shape index (κ2) is 5.15. The van der Waals surface area contributed by atoms with Crippen LogP contribution in [0.15, 0.2) is 0 Å². The number of hydrogen-bond acceptors (Lipinski definition) is 4. The number of ether oxygens (including phenoxy) is 2. The number of amides is 1. The third-order valence-electron chi connectivity index (χ3n) is 3.68. The Balaban J connectivity index is 1.78. The van der Waals surface area contributed by atoms with Gasteiger partial charge in [-0.3, -0.25) is 4.79 Å². The lowest BCUT2D eigenvalue weighted by Gasteiger charge is -2.33. The third-order valence-corrected chi connectivity index (χ3v) is 3.68. The molecule has 2 unspecified atom stereocenters. The van der Waals surface area contributed by atoms with Crippen LogP contribution in [0, 0.1) is 0 Å². The molecule has 18 heavy (non-hydrogen) atoms. The lowest BCUT2D eigenvalue weighted by atomic mass is 9.90. The Kier molecular flexibility index (Phi) is 3.94. The molecule has 0 spiro atoms. The summed E-state index contributed by atoms with van der Waals surface area (Å²) in [7, 11) is 0. The van der Waals surface area contributed by atoms with Gasteiger partial charge < -0.3 is 20.1 Å². The number of carbonyl (C=O) groups excluding carboxylic acids is 1. The largest absolute Gasteiger partial charge is 0.352 e. The Bertz CT molecular complexity index is 311. The van der Waals surface area contributed by atoms with Gasteiger partial charge in [-0.05, 0) is 46.6 Å². The molecular formula is C13H24N2O3. The Labute approximate surface area is 109 Å². The standard InChI is InChI=1S/C13H24N2O3/c1-12(2)17-9-10(18-12)8-14-11(16)13(3)6-4-5-7-15-13/h10,15H,4-9H2,1-3H3,(H,14,16). The molecule has 2 heterocycles. The third kappa shape index (κ3) is 3.22. The van der Waals surface area contributed by atoms with Gasteiger partial charge in [-0.2, -0.15) is 0 Å². The summed E-state index contributed by atoms with van der Waals surface area (Å²) in [6.07, 6.45) is 3.10. The maximum atomic E-state index is 12.2. The van der Waals surface area contributed by atoms with E-state index < -0.39 is 11.3 Å². The Hall–Kier alpha value is -0.650. The minimum absolute atomic E-state index is 0.0452. The van der Waals surface area contributed by atoms with Crippen molar-refractivity contribution in [2.75, 3.05) is 19.7 Å². The van der Waals surface area contributed by atoms with E-state index in [9.17, 15) is 4.79 Å². The molecule has 2 N–H and O–H groups in total. The lowest BCUT2D eigenvalue weighted by Crippen LogP contribution is -2.57. The molecule has 0 aliphatic carbocycles. The topological polar surface area (TPSA) is 59.6 Å². The quantitative estimate of drug-likeness (QED) is 0.783. The predicted octanol–water partition coefficient (Wildman–Crippen LogP) is 0.786. The maximum Gasteiger partial charge on any atom is 0.240 e. The van der Waals surface area contributed by atoms with Gasteiger partial charge in [0.2, 0.25) is 5.91 Å². The zero-order valence-electron chi connectivity index (χ0n) is 11.5. The van der Waals surface area contributed by atoms with Gasteiger partial charge in [-0.1, -0.05) is 0 Å². The van der Waals surface area contributed by atoms with Crippen LogP contribution in [0.4, 0.5) is 0 Å². The first-order chi connectivity index (χ1) is 8.41. The van der Waals surface area contributed by atoms with Crippen molar-refractivity contribution in [1.29, 1.82) is 0 Å². The van der Waals surface area contributed by atoms with E-state index in [-0.39, 0.29) is 12.0 Å². The van der Waals surface area contributed by atoms with Crippen LogP contribution in [0.2, 0.25) is 0 Å². The van der Waals surface area contributed by atoms with Crippen molar-refractivity contribution in [3.63, 3.8) is 0 Å². The highest BCUT2D eigenvalue weighted by Crippen LogP contribution is 2.22. The fourth-order valence-corrected chi connectivity index (χ4v) is 2.52. The molecule has 0 aromatic heterocycles. The minimum atomic E-state index is -0.525. The van der Waals surface area contributed by atoms with Crippen molar-refractivity contribution in [2.24, 2.45) is 0 Å².